The number of para-hydroxylation sites is 2. The van der Waals surface area contributed by atoms with Gasteiger partial charge in [-0.15, -0.1) is 0 Å². The maximum absolute atomic E-state index is 2.48. The van der Waals surface area contributed by atoms with E-state index < -0.39 is 0 Å². The molecule has 0 unspecified atom stereocenters. The number of nitrogens with zero attached hydrogens (tertiary/aromatic N) is 2. The average Bonchev–Trinajstić information content (AvgIpc) is 3.72. The molecule has 2 heteroatoms. The highest BCUT2D eigenvalue weighted by Crippen LogP contribution is 2.42. The summed E-state index contributed by atoms with van der Waals surface area (Å²) in [4.78, 5) is 0. The summed E-state index contributed by atoms with van der Waals surface area (Å²) in [5.41, 5.74) is 10.7. The van der Waals surface area contributed by atoms with Gasteiger partial charge in [-0.05, 0) is 80.7 Å². The lowest BCUT2D eigenvalue weighted by molar-refractivity contribution is 1.12. The third-order valence-electron chi connectivity index (χ3n) is 9.87. The fourth-order valence-corrected chi connectivity index (χ4v) is 7.78. The predicted molar refractivity (Wildman–Crippen MR) is 203 cm³/mol. The fourth-order valence-electron chi connectivity index (χ4n) is 7.78. The maximum atomic E-state index is 2.48. The number of benzene rings is 8. The van der Waals surface area contributed by atoms with E-state index in [0.717, 1.165) is 11.4 Å². The standard InChI is InChI=1S/C46H30N2/c1-3-14-31(15-4-1)44-30-34-26-27-41-40-24-11-12-25-43(40)48(46(41)45(34)47(44)35-18-5-2-6-19-35)36-20-13-17-32(28-36)42-29-33-16-7-8-21-37(33)38-22-9-10-23-39(38)42/h1-30H. The van der Waals surface area contributed by atoms with Crippen LogP contribution in [0.3, 0.4) is 0 Å². The largest absolute Gasteiger partial charge is 0.307 e. The predicted octanol–water partition coefficient (Wildman–Crippen LogP) is 12.4. The Bertz CT molecular complexity index is 2820. The van der Waals surface area contributed by atoms with Crippen LogP contribution >= 0.6 is 0 Å². The Morgan fingerprint density at radius 2 is 0.958 bits per heavy atom. The maximum Gasteiger partial charge on any atom is 0.0788 e. The molecule has 0 aliphatic rings. The van der Waals surface area contributed by atoms with E-state index in [2.05, 4.69) is 191 Å². The Hall–Kier alpha value is -6.38. The molecule has 224 valence electrons. The lowest BCUT2D eigenvalue weighted by Gasteiger charge is -2.16. The molecule has 2 nitrogen and oxygen atoms in total. The normalized spacial score (nSPS) is 11.8. The molecule has 0 spiro atoms. The Kier molecular flexibility index (Phi) is 5.91. The van der Waals surface area contributed by atoms with Gasteiger partial charge in [0.25, 0.3) is 0 Å². The third kappa shape index (κ3) is 4.00. The van der Waals surface area contributed by atoms with Gasteiger partial charge in [0.2, 0.25) is 0 Å². The third-order valence-corrected chi connectivity index (χ3v) is 9.87. The Morgan fingerprint density at radius 1 is 0.312 bits per heavy atom. The van der Waals surface area contributed by atoms with Crippen LogP contribution in [0.5, 0.6) is 0 Å². The first-order chi connectivity index (χ1) is 23.8. The molecule has 0 bridgehead atoms. The first kappa shape index (κ1) is 26.8. The topological polar surface area (TPSA) is 9.86 Å². The molecule has 0 fully saturated rings. The highest BCUT2D eigenvalue weighted by molar-refractivity contribution is 6.19. The van der Waals surface area contributed by atoms with Crippen LogP contribution in [0, 0.1) is 0 Å². The first-order valence-electron chi connectivity index (χ1n) is 16.5. The van der Waals surface area contributed by atoms with Gasteiger partial charge in [-0.2, -0.15) is 0 Å². The monoisotopic (exact) mass is 610 g/mol. The zero-order valence-corrected chi connectivity index (χ0v) is 26.2. The van der Waals surface area contributed by atoms with Crippen molar-refractivity contribution in [3.63, 3.8) is 0 Å². The van der Waals surface area contributed by atoms with E-state index >= 15 is 0 Å². The van der Waals surface area contributed by atoms with Gasteiger partial charge in [0, 0.05) is 27.5 Å². The van der Waals surface area contributed by atoms with Crippen molar-refractivity contribution in [3.8, 4) is 33.8 Å². The number of rotatable bonds is 4. The van der Waals surface area contributed by atoms with Gasteiger partial charge in [0.05, 0.1) is 22.2 Å². The van der Waals surface area contributed by atoms with Crippen LogP contribution in [0.25, 0.3) is 88.0 Å². The summed E-state index contributed by atoms with van der Waals surface area (Å²) in [5, 5.41) is 8.80. The molecule has 0 aliphatic carbocycles. The van der Waals surface area contributed by atoms with Crippen LogP contribution < -0.4 is 0 Å². The van der Waals surface area contributed by atoms with E-state index in [1.165, 1.54) is 76.6 Å². The van der Waals surface area contributed by atoms with Crippen LogP contribution in [0.4, 0.5) is 0 Å². The molecule has 0 radical (unpaired) electrons. The smallest absolute Gasteiger partial charge is 0.0788 e. The van der Waals surface area contributed by atoms with Gasteiger partial charge in [0.15, 0.2) is 0 Å². The van der Waals surface area contributed by atoms with E-state index in [9.17, 15) is 0 Å². The molecule has 0 amide bonds. The fraction of sp³-hybridized carbons (Fsp3) is 0. The van der Waals surface area contributed by atoms with Crippen molar-refractivity contribution in [2.75, 3.05) is 0 Å². The van der Waals surface area contributed by atoms with Crippen LogP contribution in [0.15, 0.2) is 182 Å². The second kappa shape index (κ2) is 10.6. The molecule has 0 saturated heterocycles. The Morgan fingerprint density at radius 3 is 1.79 bits per heavy atom. The van der Waals surface area contributed by atoms with Crippen molar-refractivity contribution in [2.24, 2.45) is 0 Å². The highest BCUT2D eigenvalue weighted by atomic mass is 15.0. The molecule has 48 heavy (non-hydrogen) atoms. The molecule has 2 heterocycles. The van der Waals surface area contributed by atoms with Gasteiger partial charge in [0.1, 0.15) is 0 Å². The van der Waals surface area contributed by atoms with E-state index in [4.69, 9.17) is 0 Å². The molecule has 0 atom stereocenters. The van der Waals surface area contributed by atoms with Gasteiger partial charge in [-0.3, -0.25) is 0 Å². The lowest BCUT2D eigenvalue weighted by Crippen LogP contribution is -2.00. The first-order valence-corrected chi connectivity index (χ1v) is 16.5. The molecule has 0 saturated carbocycles. The van der Waals surface area contributed by atoms with Crippen molar-refractivity contribution in [2.45, 2.75) is 0 Å². The molecule has 10 rings (SSSR count). The summed E-state index contributed by atoms with van der Waals surface area (Å²) < 4.78 is 4.93. The van der Waals surface area contributed by atoms with E-state index in [-0.39, 0.29) is 0 Å². The quantitative estimate of drug-likeness (QED) is 0.175. The van der Waals surface area contributed by atoms with Gasteiger partial charge in [-0.1, -0.05) is 140 Å². The lowest BCUT2D eigenvalue weighted by atomic mass is 9.93. The molecule has 2 aromatic heterocycles. The summed E-state index contributed by atoms with van der Waals surface area (Å²) in [6, 6.07) is 66.2. The number of hydrogen-bond acceptors (Lipinski definition) is 0. The Labute approximate surface area is 278 Å². The second-order valence-corrected chi connectivity index (χ2v) is 12.6. The minimum atomic E-state index is 1.14. The van der Waals surface area contributed by atoms with Crippen LogP contribution in [0.1, 0.15) is 0 Å². The van der Waals surface area contributed by atoms with Crippen molar-refractivity contribution in [1.82, 2.24) is 9.13 Å². The van der Waals surface area contributed by atoms with E-state index in [1.54, 1.807) is 0 Å². The second-order valence-electron chi connectivity index (χ2n) is 12.6. The molecular weight excluding hydrogens is 581 g/mol. The summed E-state index contributed by atoms with van der Waals surface area (Å²) in [5.74, 6) is 0. The van der Waals surface area contributed by atoms with Crippen LogP contribution in [-0.4, -0.2) is 9.13 Å². The molecular formula is C46H30N2. The SMILES string of the molecule is c1ccc(-c2cc3ccc4c5ccccc5n(-c5cccc(-c6cc7ccccc7c7ccccc67)c5)c4c3n2-c2ccccc2)cc1. The van der Waals surface area contributed by atoms with Gasteiger partial charge >= 0.3 is 0 Å². The zero-order valence-electron chi connectivity index (χ0n) is 26.2. The average molecular weight is 611 g/mol. The number of fused-ring (bicyclic) bond motifs is 8. The molecule has 0 N–H and O–H groups in total. The van der Waals surface area contributed by atoms with Crippen molar-refractivity contribution in [1.29, 1.82) is 0 Å². The number of hydrogen-bond donors (Lipinski definition) is 0. The van der Waals surface area contributed by atoms with Crippen molar-refractivity contribution in [3.05, 3.63) is 182 Å². The zero-order chi connectivity index (χ0) is 31.6. The highest BCUT2D eigenvalue weighted by Gasteiger charge is 2.21. The van der Waals surface area contributed by atoms with Crippen molar-refractivity contribution >= 4 is 54.3 Å². The molecule has 0 aliphatic heterocycles. The van der Waals surface area contributed by atoms with Gasteiger partial charge in [-0.25, -0.2) is 0 Å². The van der Waals surface area contributed by atoms with E-state index in [0.29, 0.717) is 0 Å². The summed E-state index contributed by atoms with van der Waals surface area (Å²) in [7, 11) is 0. The number of aromatic nitrogens is 2. The molecule has 10 aromatic rings. The molecule has 8 aromatic carbocycles. The minimum Gasteiger partial charge on any atom is -0.307 e. The van der Waals surface area contributed by atoms with Crippen LogP contribution in [0.2, 0.25) is 0 Å². The minimum absolute atomic E-state index is 1.14. The van der Waals surface area contributed by atoms with E-state index in [1.807, 2.05) is 0 Å². The van der Waals surface area contributed by atoms with Crippen LogP contribution in [-0.2, 0) is 0 Å². The van der Waals surface area contributed by atoms with Crippen molar-refractivity contribution < 1.29 is 0 Å². The Balaban J connectivity index is 1.31. The summed E-state index contributed by atoms with van der Waals surface area (Å²) in [6.45, 7) is 0. The summed E-state index contributed by atoms with van der Waals surface area (Å²) >= 11 is 0. The summed E-state index contributed by atoms with van der Waals surface area (Å²) in [6.07, 6.45) is 0. The van der Waals surface area contributed by atoms with Gasteiger partial charge < -0.3 is 9.13 Å².